The van der Waals surface area contributed by atoms with Crippen molar-refractivity contribution in [2.24, 2.45) is 0 Å². The third-order valence-corrected chi connectivity index (χ3v) is 5.81. The molecule has 0 spiro atoms. The summed E-state index contributed by atoms with van der Waals surface area (Å²) in [5, 5.41) is 2.76. The third-order valence-electron chi connectivity index (χ3n) is 4.85. The zero-order chi connectivity index (χ0) is 19.8. The van der Waals surface area contributed by atoms with Gasteiger partial charge in [0.2, 0.25) is 0 Å². The van der Waals surface area contributed by atoms with Gasteiger partial charge < -0.3 is 10.1 Å². The molecule has 1 amide bonds. The van der Waals surface area contributed by atoms with Crippen LogP contribution in [0.1, 0.15) is 42.9 Å². The van der Waals surface area contributed by atoms with Crippen LogP contribution in [0.3, 0.4) is 0 Å². The molecule has 1 aliphatic rings. The van der Waals surface area contributed by atoms with Gasteiger partial charge in [-0.05, 0) is 73.1 Å². The molecule has 28 heavy (non-hydrogen) atoms. The number of rotatable bonds is 9. The smallest absolute Gasteiger partial charge is 0.316 e. The molecule has 0 saturated carbocycles. The Hall–Kier alpha value is -2.27. The molecule has 0 fully saturated rings. The summed E-state index contributed by atoms with van der Waals surface area (Å²) in [7, 11) is 0. The molecule has 0 saturated heterocycles. The molecule has 2 aromatic carbocycles. The highest BCUT2D eigenvalue weighted by Gasteiger charge is 2.13. The van der Waals surface area contributed by atoms with E-state index in [9.17, 15) is 9.59 Å². The molecule has 0 unspecified atom stereocenters. The first-order valence-corrected chi connectivity index (χ1v) is 10.9. The SMILES string of the molecule is CCCCc1ccc(NC(=O)COC(=O)CSc2ccc3c(c2)CCC3)cc1. The van der Waals surface area contributed by atoms with E-state index in [1.807, 2.05) is 24.3 Å². The van der Waals surface area contributed by atoms with Gasteiger partial charge in [0.15, 0.2) is 6.61 Å². The maximum Gasteiger partial charge on any atom is 0.316 e. The molecule has 0 bridgehead atoms. The third kappa shape index (κ3) is 6.13. The minimum Gasteiger partial charge on any atom is -0.455 e. The molecule has 3 rings (SSSR count). The Kier molecular flexibility index (Phi) is 7.54. The van der Waals surface area contributed by atoms with Gasteiger partial charge in [0, 0.05) is 10.6 Å². The zero-order valence-electron chi connectivity index (χ0n) is 16.3. The monoisotopic (exact) mass is 397 g/mol. The van der Waals surface area contributed by atoms with Crippen molar-refractivity contribution in [2.75, 3.05) is 17.7 Å². The number of unbranched alkanes of at least 4 members (excludes halogenated alkanes) is 1. The van der Waals surface area contributed by atoms with E-state index < -0.39 is 0 Å². The van der Waals surface area contributed by atoms with Gasteiger partial charge in [-0.15, -0.1) is 11.8 Å². The van der Waals surface area contributed by atoms with E-state index in [1.165, 1.54) is 34.9 Å². The van der Waals surface area contributed by atoms with E-state index in [0.29, 0.717) is 5.69 Å². The van der Waals surface area contributed by atoms with E-state index in [1.54, 1.807) is 0 Å². The number of nitrogens with one attached hydrogen (secondary N) is 1. The number of hydrogen-bond donors (Lipinski definition) is 1. The van der Waals surface area contributed by atoms with E-state index in [2.05, 4.69) is 30.4 Å². The van der Waals surface area contributed by atoms with Crippen molar-refractivity contribution in [3.05, 3.63) is 59.2 Å². The second-order valence-corrected chi connectivity index (χ2v) is 8.13. The van der Waals surface area contributed by atoms with Crippen LogP contribution in [0.15, 0.2) is 47.4 Å². The number of amides is 1. The van der Waals surface area contributed by atoms with Crippen LogP contribution in [0.25, 0.3) is 0 Å². The highest BCUT2D eigenvalue weighted by Crippen LogP contribution is 2.27. The number of fused-ring (bicyclic) bond motifs is 1. The highest BCUT2D eigenvalue weighted by molar-refractivity contribution is 8.00. The van der Waals surface area contributed by atoms with Crippen molar-refractivity contribution in [3.63, 3.8) is 0 Å². The zero-order valence-corrected chi connectivity index (χ0v) is 17.1. The first kappa shape index (κ1) is 20.5. The Morgan fingerprint density at radius 2 is 1.86 bits per heavy atom. The van der Waals surface area contributed by atoms with Gasteiger partial charge in [0.1, 0.15) is 0 Å². The summed E-state index contributed by atoms with van der Waals surface area (Å²) in [6.45, 7) is 1.90. The lowest BCUT2D eigenvalue weighted by atomic mass is 10.1. The Bertz CT molecular complexity index is 817. The average Bonchev–Trinajstić information content (AvgIpc) is 3.18. The maximum absolute atomic E-state index is 12.0. The summed E-state index contributed by atoms with van der Waals surface area (Å²) >= 11 is 1.45. The van der Waals surface area contributed by atoms with Gasteiger partial charge in [0.05, 0.1) is 5.75 Å². The number of carbonyl (C=O) groups is 2. The summed E-state index contributed by atoms with van der Waals surface area (Å²) in [4.78, 5) is 25.0. The predicted molar refractivity (Wildman–Crippen MR) is 114 cm³/mol. The lowest BCUT2D eigenvalue weighted by Gasteiger charge is -2.08. The quantitative estimate of drug-likeness (QED) is 0.488. The van der Waals surface area contributed by atoms with Crippen LogP contribution in [-0.2, 0) is 33.6 Å². The lowest BCUT2D eigenvalue weighted by molar-refractivity contribution is -0.144. The van der Waals surface area contributed by atoms with Crippen LogP contribution in [0.5, 0.6) is 0 Å². The maximum atomic E-state index is 12.0. The molecule has 1 N–H and O–H groups in total. The van der Waals surface area contributed by atoms with Crippen LogP contribution in [0, 0.1) is 0 Å². The second kappa shape index (κ2) is 10.3. The number of carbonyl (C=O) groups excluding carboxylic acids is 2. The molecule has 0 heterocycles. The topological polar surface area (TPSA) is 55.4 Å². The van der Waals surface area contributed by atoms with Crippen LogP contribution in [0.4, 0.5) is 5.69 Å². The normalized spacial score (nSPS) is 12.5. The second-order valence-electron chi connectivity index (χ2n) is 7.08. The fourth-order valence-corrected chi connectivity index (χ4v) is 4.06. The molecule has 0 aliphatic heterocycles. The average molecular weight is 398 g/mol. The molecule has 0 radical (unpaired) electrons. The minimum atomic E-state index is -0.379. The van der Waals surface area contributed by atoms with Crippen LogP contribution in [-0.4, -0.2) is 24.2 Å². The molecular formula is C23H27NO3S. The van der Waals surface area contributed by atoms with Crippen molar-refractivity contribution in [3.8, 4) is 0 Å². The molecule has 5 heteroatoms. The van der Waals surface area contributed by atoms with Gasteiger partial charge in [-0.3, -0.25) is 9.59 Å². The van der Waals surface area contributed by atoms with E-state index >= 15 is 0 Å². The summed E-state index contributed by atoms with van der Waals surface area (Å²) in [6.07, 6.45) is 6.85. The van der Waals surface area contributed by atoms with Crippen LogP contribution in [0.2, 0.25) is 0 Å². The predicted octanol–water partition coefficient (Wildman–Crippen LogP) is 4.79. The van der Waals surface area contributed by atoms with E-state index in [4.69, 9.17) is 4.74 Å². The van der Waals surface area contributed by atoms with Crippen LogP contribution >= 0.6 is 11.8 Å². The summed E-state index contributed by atoms with van der Waals surface area (Å²) in [5.41, 5.74) is 4.78. The fraction of sp³-hybridized carbons (Fsp3) is 0.391. The standard InChI is InChI=1S/C23H27NO3S/c1-2-3-5-17-8-11-20(12-9-17)24-22(25)15-27-23(26)16-28-21-13-10-18-6-4-7-19(18)14-21/h8-14H,2-7,15-16H2,1H3,(H,24,25). The number of thioether (sulfide) groups is 1. The Labute approximate surface area is 171 Å². The Balaban J connectivity index is 1.37. The van der Waals surface area contributed by atoms with Crippen molar-refractivity contribution in [2.45, 2.75) is 50.3 Å². The number of anilines is 1. The summed E-state index contributed by atoms with van der Waals surface area (Å²) in [6, 6.07) is 14.2. The van der Waals surface area contributed by atoms with Gasteiger partial charge in [0.25, 0.3) is 5.91 Å². The van der Waals surface area contributed by atoms with Crippen molar-refractivity contribution < 1.29 is 14.3 Å². The largest absolute Gasteiger partial charge is 0.455 e. The molecule has 148 valence electrons. The molecule has 0 atom stereocenters. The molecule has 2 aromatic rings. The van der Waals surface area contributed by atoms with Gasteiger partial charge in [-0.25, -0.2) is 0 Å². The van der Waals surface area contributed by atoms with Gasteiger partial charge in [-0.1, -0.05) is 31.5 Å². The minimum absolute atomic E-state index is 0.207. The van der Waals surface area contributed by atoms with Crippen molar-refractivity contribution in [1.29, 1.82) is 0 Å². The van der Waals surface area contributed by atoms with Crippen molar-refractivity contribution in [1.82, 2.24) is 0 Å². The Morgan fingerprint density at radius 3 is 2.64 bits per heavy atom. The van der Waals surface area contributed by atoms with Gasteiger partial charge >= 0.3 is 5.97 Å². The van der Waals surface area contributed by atoms with Crippen LogP contribution < -0.4 is 5.32 Å². The van der Waals surface area contributed by atoms with Crippen molar-refractivity contribution >= 4 is 29.3 Å². The Morgan fingerprint density at radius 1 is 1.07 bits per heavy atom. The number of ether oxygens (including phenoxy) is 1. The molecular weight excluding hydrogens is 370 g/mol. The number of aryl methyl sites for hydroxylation is 3. The first-order chi connectivity index (χ1) is 13.6. The highest BCUT2D eigenvalue weighted by atomic mass is 32.2. The van der Waals surface area contributed by atoms with E-state index in [-0.39, 0.29) is 24.2 Å². The van der Waals surface area contributed by atoms with E-state index in [0.717, 1.165) is 37.0 Å². The lowest BCUT2D eigenvalue weighted by Crippen LogP contribution is -2.21. The molecule has 0 aromatic heterocycles. The summed E-state index contributed by atoms with van der Waals surface area (Å²) in [5.74, 6) is -0.495. The number of benzene rings is 2. The number of esters is 1. The first-order valence-electron chi connectivity index (χ1n) is 9.93. The van der Waals surface area contributed by atoms with Gasteiger partial charge in [-0.2, -0.15) is 0 Å². The molecule has 1 aliphatic carbocycles. The number of hydrogen-bond acceptors (Lipinski definition) is 4. The summed E-state index contributed by atoms with van der Waals surface area (Å²) < 4.78 is 5.10. The fourth-order valence-electron chi connectivity index (χ4n) is 3.30. The molecule has 4 nitrogen and oxygen atoms in total.